The molecule has 0 saturated carbocycles. The van der Waals surface area contributed by atoms with Gasteiger partial charge in [-0.25, -0.2) is 4.79 Å². The molecule has 0 aromatic carbocycles. The second-order valence-electron chi connectivity index (χ2n) is 6.60. The Morgan fingerprint density at radius 1 is 1.23 bits per heavy atom. The van der Waals surface area contributed by atoms with Crippen LogP contribution in [0, 0.1) is 28.1 Å². The zero-order chi connectivity index (χ0) is 16.3. The Bertz CT molecular complexity index is 623. The van der Waals surface area contributed by atoms with Crippen molar-refractivity contribution in [3.8, 4) is 12.1 Å². The summed E-state index contributed by atoms with van der Waals surface area (Å²) in [6.45, 7) is 6.07. The first-order valence-corrected chi connectivity index (χ1v) is 7.53. The van der Waals surface area contributed by atoms with Crippen LogP contribution >= 0.6 is 0 Å². The Morgan fingerprint density at radius 3 is 2.36 bits per heavy atom. The van der Waals surface area contributed by atoms with Crippen LogP contribution in [-0.2, 0) is 9.53 Å². The molecule has 1 saturated heterocycles. The lowest BCUT2D eigenvalue weighted by molar-refractivity contribution is -0.135. The van der Waals surface area contributed by atoms with Crippen molar-refractivity contribution in [3.63, 3.8) is 0 Å². The molecule has 22 heavy (non-hydrogen) atoms. The number of hydrogen-bond acceptors (Lipinski definition) is 5. The van der Waals surface area contributed by atoms with Gasteiger partial charge in [-0.1, -0.05) is 13.8 Å². The van der Waals surface area contributed by atoms with Gasteiger partial charge in [0.15, 0.2) is 0 Å². The van der Waals surface area contributed by atoms with E-state index >= 15 is 0 Å². The van der Waals surface area contributed by atoms with Crippen LogP contribution in [0.3, 0.4) is 0 Å². The van der Waals surface area contributed by atoms with Gasteiger partial charge in [-0.3, -0.25) is 0 Å². The maximum Gasteiger partial charge on any atom is 0.348 e. The summed E-state index contributed by atoms with van der Waals surface area (Å²) < 4.78 is 4.71. The Kier molecular flexibility index (Phi) is 4.56. The molecule has 116 valence electrons. The van der Waals surface area contributed by atoms with Crippen molar-refractivity contribution in [1.29, 1.82) is 10.5 Å². The van der Waals surface area contributed by atoms with E-state index < -0.39 is 5.97 Å². The molecule has 0 radical (unpaired) electrons. The molecule has 0 aromatic rings. The topological polar surface area (TPSA) is 77.1 Å². The minimum absolute atomic E-state index is 0.0384. The highest BCUT2D eigenvalue weighted by molar-refractivity contribution is 5.95. The molecule has 0 N–H and O–H groups in total. The number of nitriles is 2. The second-order valence-corrected chi connectivity index (χ2v) is 6.60. The molecule has 0 amide bonds. The minimum atomic E-state index is -0.663. The zero-order valence-electron chi connectivity index (χ0n) is 13.4. The molecule has 0 unspecified atom stereocenters. The first-order valence-electron chi connectivity index (χ1n) is 7.53. The van der Waals surface area contributed by atoms with Crippen LogP contribution in [-0.4, -0.2) is 31.1 Å². The molecule has 5 nitrogen and oxygen atoms in total. The van der Waals surface area contributed by atoms with Gasteiger partial charge in [0, 0.05) is 18.8 Å². The van der Waals surface area contributed by atoms with Crippen LogP contribution in [0.25, 0.3) is 0 Å². The second kappa shape index (κ2) is 6.23. The van der Waals surface area contributed by atoms with Crippen molar-refractivity contribution in [2.24, 2.45) is 5.41 Å². The van der Waals surface area contributed by atoms with Crippen molar-refractivity contribution < 1.29 is 9.53 Å². The molecule has 2 rings (SSSR count). The molecule has 2 aliphatic rings. The lowest BCUT2D eigenvalue weighted by Crippen LogP contribution is -2.30. The van der Waals surface area contributed by atoms with Gasteiger partial charge in [0.1, 0.15) is 17.7 Å². The summed E-state index contributed by atoms with van der Waals surface area (Å²) in [5, 5.41) is 19.0. The molecule has 1 fully saturated rings. The van der Waals surface area contributed by atoms with Gasteiger partial charge in [0.05, 0.1) is 12.7 Å². The predicted octanol–water partition coefficient (Wildman–Crippen LogP) is 2.67. The summed E-state index contributed by atoms with van der Waals surface area (Å²) in [6.07, 6.45) is 3.55. The van der Waals surface area contributed by atoms with Gasteiger partial charge in [0.2, 0.25) is 0 Å². The van der Waals surface area contributed by atoms with Crippen LogP contribution < -0.4 is 0 Å². The minimum Gasteiger partial charge on any atom is -0.465 e. The van der Waals surface area contributed by atoms with Gasteiger partial charge < -0.3 is 9.64 Å². The van der Waals surface area contributed by atoms with Crippen LogP contribution in [0.5, 0.6) is 0 Å². The van der Waals surface area contributed by atoms with Crippen molar-refractivity contribution >= 4 is 5.97 Å². The summed E-state index contributed by atoms with van der Waals surface area (Å²) in [5.41, 5.74) is 1.87. The van der Waals surface area contributed by atoms with E-state index in [2.05, 4.69) is 24.8 Å². The standard InChI is InChI=1S/C17H21N3O2/c1-17(2)8-12(14(11-19)16(21)22-3)13(10-18)15(9-17)20-6-4-5-7-20/h4-9H2,1-3H3/b14-12-. The highest BCUT2D eigenvalue weighted by Crippen LogP contribution is 2.44. The highest BCUT2D eigenvalue weighted by atomic mass is 16.5. The molecular formula is C17H21N3O2. The Balaban J connectivity index is 2.63. The number of esters is 1. The van der Waals surface area contributed by atoms with E-state index in [1.165, 1.54) is 7.11 Å². The molecule has 1 aliphatic carbocycles. The van der Waals surface area contributed by atoms with Crippen molar-refractivity contribution in [2.75, 3.05) is 20.2 Å². The fourth-order valence-electron chi connectivity index (χ4n) is 3.29. The predicted molar refractivity (Wildman–Crippen MR) is 81.1 cm³/mol. The van der Waals surface area contributed by atoms with E-state index in [9.17, 15) is 15.3 Å². The smallest absolute Gasteiger partial charge is 0.348 e. The van der Waals surface area contributed by atoms with Crippen molar-refractivity contribution in [3.05, 3.63) is 22.4 Å². The normalized spacial score (nSPS) is 22.9. The van der Waals surface area contributed by atoms with Crippen LogP contribution in [0.2, 0.25) is 0 Å². The number of hydrogen-bond donors (Lipinski definition) is 0. The van der Waals surface area contributed by atoms with E-state index in [1.54, 1.807) is 0 Å². The van der Waals surface area contributed by atoms with E-state index in [-0.39, 0.29) is 11.0 Å². The molecule has 0 spiro atoms. The number of ether oxygens (including phenoxy) is 1. The number of carbonyl (C=O) groups is 1. The largest absolute Gasteiger partial charge is 0.465 e. The fourth-order valence-corrected chi connectivity index (χ4v) is 3.29. The fraction of sp³-hybridized carbons (Fsp3) is 0.588. The third kappa shape index (κ3) is 2.99. The summed E-state index contributed by atoms with van der Waals surface area (Å²) in [7, 11) is 1.26. The summed E-state index contributed by atoms with van der Waals surface area (Å²) in [4.78, 5) is 14.1. The highest BCUT2D eigenvalue weighted by Gasteiger charge is 2.36. The molecular weight excluding hydrogens is 278 g/mol. The summed E-state index contributed by atoms with van der Waals surface area (Å²) >= 11 is 0. The summed E-state index contributed by atoms with van der Waals surface area (Å²) in [5.74, 6) is -0.663. The lowest BCUT2D eigenvalue weighted by atomic mass is 9.72. The molecule has 1 heterocycles. The van der Waals surface area contributed by atoms with Gasteiger partial charge in [-0.05, 0) is 36.7 Å². The monoisotopic (exact) mass is 299 g/mol. The van der Waals surface area contributed by atoms with E-state index in [1.807, 2.05) is 6.07 Å². The Morgan fingerprint density at radius 2 is 1.86 bits per heavy atom. The van der Waals surface area contributed by atoms with Crippen molar-refractivity contribution in [1.82, 2.24) is 4.90 Å². The molecule has 5 heteroatoms. The Hall–Kier alpha value is -2.27. The van der Waals surface area contributed by atoms with Crippen LogP contribution in [0.4, 0.5) is 0 Å². The maximum absolute atomic E-state index is 11.9. The third-order valence-corrected chi connectivity index (χ3v) is 4.29. The number of allylic oxidation sites excluding steroid dienone is 3. The average molecular weight is 299 g/mol. The molecule has 0 bridgehead atoms. The Labute approximate surface area is 131 Å². The number of likely N-dealkylation sites (tertiary alicyclic amines) is 1. The lowest BCUT2D eigenvalue weighted by Gasteiger charge is -2.37. The zero-order valence-corrected chi connectivity index (χ0v) is 13.4. The first-order chi connectivity index (χ1) is 10.4. The SMILES string of the molecule is COC(=O)/C(C#N)=C1/CC(C)(C)CC(N2CCCC2)=C1C#N. The van der Waals surface area contributed by atoms with Gasteiger partial charge in [-0.2, -0.15) is 10.5 Å². The van der Waals surface area contributed by atoms with Crippen LogP contribution in [0.1, 0.15) is 39.5 Å². The van der Waals surface area contributed by atoms with Crippen molar-refractivity contribution in [2.45, 2.75) is 39.5 Å². The van der Waals surface area contributed by atoms with Gasteiger partial charge in [0.25, 0.3) is 0 Å². The van der Waals surface area contributed by atoms with Crippen LogP contribution in [0.15, 0.2) is 22.4 Å². The number of methoxy groups -OCH3 is 1. The molecule has 0 atom stereocenters. The quantitative estimate of drug-likeness (QED) is 0.445. The third-order valence-electron chi connectivity index (χ3n) is 4.29. The maximum atomic E-state index is 11.9. The van der Waals surface area contributed by atoms with Gasteiger partial charge in [-0.15, -0.1) is 0 Å². The number of nitrogens with zero attached hydrogens (tertiary/aromatic N) is 3. The molecule has 1 aliphatic heterocycles. The average Bonchev–Trinajstić information content (AvgIpc) is 3.00. The number of carbonyl (C=O) groups excluding carboxylic acids is 1. The molecule has 0 aromatic heterocycles. The van der Waals surface area contributed by atoms with E-state index in [0.717, 1.165) is 38.0 Å². The first kappa shape index (κ1) is 16.1. The van der Waals surface area contributed by atoms with E-state index in [4.69, 9.17) is 4.74 Å². The summed E-state index contributed by atoms with van der Waals surface area (Å²) in [6, 6.07) is 4.17. The van der Waals surface area contributed by atoms with E-state index in [0.29, 0.717) is 17.6 Å². The van der Waals surface area contributed by atoms with Gasteiger partial charge >= 0.3 is 5.97 Å². The number of rotatable bonds is 2.